The van der Waals surface area contributed by atoms with Crippen molar-refractivity contribution < 1.29 is 9.15 Å². The predicted molar refractivity (Wildman–Crippen MR) is 63.7 cm³/mol. The minimum absolute atomic E-state index is 0.0897. The molecular weight excluding hydrogens is 220 g/mol. The first kappa shape index (κ1) is 12.3. The van der Waals surface area contributed by atoms with Gasteiger partial charge in [-0.15, -0.1) is 5.10 Å². The van der Waals surface area contributed by atoms with Crippen LogP contribution in [0.1, 0.15) is 26.2 Å². The van der Waals surface area contributed by atoms with Crippen molar-refractivity contribution in [2.75, 3.05) is 19.5 Å². The van der Waals surface area contributed by atoms with E-state index in [2.05, 4.69) is 34.7 Å². The molecule has 0 amide bonds. The Labute approximate surface area is 101 Å². The standard InChI is InChI=1S/C11H20N4O2/c1-11(2)7(5-8(11)16-4)13-10-15-14-9(17-10)6-12-3/h7-8,12H,5-6H2,1-4H3,(H,13,15). The van der Waals surface area contributed by atoms with Crippen LogP contribution in [-0.4, -0.2) is 36.5 Å². The van der Waals surface area contributed by atoms with E-state index in [0.29, 0.717) is 30.6 Å². The molecular formula is C11H20N4O2. The van der Waals surface area contributed by atoms with Gasteiger partial charge in [0.25, 0.3) is 0 Å². The summed E-state index contributed by atoms with van der Waals surface area (Å²) in [5, 5.41) is 14.1. The van der Waals surface area contributed by atoms with Crippen molar-refractivity contribution in [3.05, 3.63) is 5.89 Å². The SMILES string of the molecule is CNCc1nnc(NC2CC(OC)C2(C)C)o1. The minimum atomic E-state index is 0.0897. The second-order valence-electron chi connectivity index (χ2n) is 5.01. The number of nitrogens with zero attached hydrogens (tertiary/aromatic N) is 2. The third-order valence-corrected chi connectivity index (χ3v) is 3.55. The molecule has 6 nitrogen and oxygen atoms in total. The Morgan fingerprint density at radius 1 is 1.47 bits per heavy atom. The van der Waals surface area contributed by atoms with Crippen molar-refractivity contribution in [2.45, 2.75) is 39.0 Å². The number of ether oxygens (including phenoxy) is 1. The first-order chi connectivity index (χ1) is 8.07. The summed E-state index contributed by atoms with van der Waals surface area (Å²) >= 11 is 0. The van der Waals surface area contributed by atoms with Gasteiger partial charge in [-0.05, 0) is 13.5 Å². The lowest BCUT2D eigenvalue weighted by Crippen LogP contribution is -2.57. The zero-order valence-electron chi connectivity index (χ0n) is 10.8. The van der Waals surface area contributed by atoms with E-state index in [-0.39, 0.29) is 5.41 Å². The molecule has 0 radical (unpaired) electrons. The van der Waals surface area contributed by atoms with Crippen LogP contribution in [0, 0.1) is 5.41 Å². The van der Waals surface area contributed by atoms with E-state index in [9.17, 15) is 0 Å². The number of hydrogen-bond acceptors (Lipinski definition) is 6. The fourth-order valence-corrected chi connectivity index (χ4v) is 2.21. The maximum Gasteiger partial charge on any atom is 0.315 e. The minimum Gasteiger partial charge on any atom is -0.407 e. The Bertz CT molecular complexity index is 377. The predicted octanol–water partition coefficient (Wildman–Crippen LogP) is 1.01. The van der Waals surface area contributed by atoms with Gasteiger partial charge in [0.05, 0.1) is 12.6 Å². The molecule has 2 rings (SSSR count). The molecule has 2 N–H and O–H groups in total. The normalized spacial score (nSPS) is 26.6. The first-order valence-electron chi connectivity index (χ1n) is 5.84. The quantitative estimate of drug-likeness (QED) is 0.800. The number of rotatable bonds is 5. The summed E-state index contributed by atoms with van der Waals surface area (Å²) in [6.45, 7) is 4.93. The maximum atomic E-state index is 5.46. The lowest BCUT2D eigenvalue weighted by molar-refractivity contribution is -0.0800. The largest absolute Gasteiger partial charge is 0.407 e. The zero-order chi connectivity index (χ0) is 12.5. The highest BCUT2D eigenvalue weighted by molar-refractivity contribution is 5.25. The highest BCUT2D eigenvalue weighted by Gasteiger charge is 2.49. The number of aromatic nitrogens is 2. The molecule has 0 spiro atoms. The van der Waals surface area contributed by atoms with Crippen molar-refractivity contribution in [3.63, 3.8) is 0 Å². The summed E-state index contributed by atoms with van der Waals surface area (Å²) in [5.41, 5.74) is 0.0897. The van der Waals surface area contributed by atoms with E-state index in [1.807, 2.05) is 7.05 Å². The highest BCUT2D eigenvalue weighted by Crippen LogP contribution is 2.43. The van der Waals surface area contributed by atoms with Gasteiger partial charge in [-0.25, -0.2) is 0 Å². The zero-order valence-corrected chi connectivity index (χ0v) is 10.8. The van der Waals surface area contributed by atoms with Crippen LogP contribution >= 0.6 is 0 Å². The average molecular weight is 240 g/mol. The fourth-order valence-electron chi connectivity index (χ4n) is 2.21. The molecule has 6 heteroatoms. The molecule has 1 heterocycles. The second kappa shape index (κ2) is 4.62. The summed E-state index contributed by atoms with van der Waals surface area (Å²) < 4.78 is 10.9. The Hall–Kier alpha value is -1.14. The van der Waals surface area contributed by atoms with E-state index < -0.39 is 0 Å². The Kier molecular flexibility index (Phi) is 3.35. The van der Waals surface area contributed by atoms with Gasteiger partial charge in [0, 0.05) is 18.6 Å². The van der Waals surface area contributed by atoms with Crippen LogP contribution in [0.4, 0.5) is 6.01 Å². The second-order valence-corrected chi connectivity index (χ2v) is 5.01. The van der Waals surface area contributed by atoms with Crippen LogP contribution in [0.3, 0.4) is 0 Å². The van der Waals surface area contributed by atoms with Gasteiger partial charge in [-0.3, -0.25) is 0 Å². The van der Waals surface area contributed by atoms with E-state index in [1.54, 1.807) is 7.11 Å². The summed E-state index contributed by atoms with van der Waals surface area (Å²) in [5.74, 6) is 0.593. The van der Waals surface area contributed by atoms with Crippen LogP contribution in [-0.2, 0) is 11.3 Å². The lowest BCUT2D eigenvalue weighted by atomic mass is 9.64. The molecule has 1 saturated carbocycles. The lowest BCUT2D eigenvalue weighted by Gasteiger charge is -2.50. The van der Waals surface area contributed by atoms with Gasteiger partial charge in [0.1, 0.15) is 0 Å². The van der Waals surface area contributed by atoms with Crippen molar-refractivity contribution in [1.82, 2.24) is 15.5 Å². The van der Waals surface area contributed by atoms with E-state index in [4.69, 9.17) is 9.15 Å². The molecule has 2 atom stereocenters. The number of anilines is 1. The highest BCUT2D eigenvalue weighted by atomic mass is 16.5. The molecule has 1 aliphatic carbocycles. The van der Waals surface area contributed by atoms with E-state index >= 15 is 0 Å². The first-order valence-corrected chi connectivity index (χ1v) is 5.84. The van der Waals surface area contributed by atoms with Crippen LogP contribution in [0.25, 0.3) is 0 Å². The monoisotopic (exact) mass is 240 g/mol. The Morgan fingerprint density at radius 3 is 2.82 bits per heavy atom. The van der Waals surface area contributed by atoms with Crippen LogP contribution in [0.2, 0.25) is 0 Å². The van der Waals surface area contributed by atoms with Gasteiger partial charge < -0.3 is 19.8 Å². The van der Waals surface area contributed by atoms with Crippen molar-refractivity contribution in [2.24, 2.45) is 5.41 Å². The molecule has 1 aliphatic rings. The van der Waals surface area contributed by atoms with Crippen LogP contribution in [0.15, 0.2) is 4.42 Å². The van der Waals surface area contributed by atoms with Crippen LogP contribution in [0.5, 0.6) is 0 Å². The van der Waals surface area contributed by atoms with Gasteiger partial charge in [-0.1, -0.05) is 18.9 Å². The molecule has 1 fully saturated rings. The van der Waals surface area contributed by atoms with Crippen molar-refractivity contribution in [3.8, 4) is 0 Å². The number of methoxy groups -OCH3 is 1. The third kappa shape index (κ3) is 2.28. The molecule has 2 unspecified atom stereocenters. The fraction of sp³-hybridized carbons (Fsp3) is 0.818. The smallest absolute Gasteiger partial charge is 0.315 e. The molecule has 0 bridgehead atoms. The van der Waals surface area contributed by atoms with Crippen molar-refractivity contribution in [1.29, 1.82) is 0 Å². The Balaban J connectivity index is 1.93. The molecule has 0 aliphatic heterocycles. The third-order valence-electron chi connectivity index (χ3n) is 3.55. The Morgan fingerprint density at radius 2 is 2.24 bits per heavy atom. The molecule has 0 aromatic carbocycles. The van der Waals surface area contributed by atoms with E-state index in [1.165, 1.54) is 0 Å². The van der Waals surface area contributed by atoms with Gasteiger partial charge in [0.2, 0.25) is 5.89 Å². The molecule has 0 saturated heterocycles. The molecule has 17 heavy (non-hydrogen) atoms. The number of hydrogen-bond donors (Lipinski definition) is 2. The van der Waals surface area contributed by atoms with E-state index in [0.717, 1.165) is 6.42 Å². The van der Waals surface area contributed by atoms with Gasteiger partial charge in [0.15, 0.2) is 0 Å². The summed E-state index contributed by atoms with van der Waals surface area (Å²) in [4.78, 5) is 0. The molecule has 1 aromatic rings. The summed E-state index contributed by atoms with van der Waals surface area (Å²) in [7, 11) is 3.59. The van der Waals surface area contributed by atoms with Gasteiger partial charge >= 0.3 is 6.01 Å². The molecule has 1 aromatic heterocycles. The summed E-state index contributed by atoms with van der Waals surface area (Å²) in [6, 6.07) is 0.804. The average Bonchev–Trinajstić information content (AvgIpc) is 2.72. The topological polar surface area (TPSA) is 72.2 Å². The molecule has 96 valence electrons. The van der Waals surface area contributed by atoms with Gasteiger partial charge in [-0.2, -0.15) is 0 Å². The summed E-state index contributed by atoms with van der Waals surface area (Å²) in [6.07, 6.45) is 1.26. The number of nitrogens with one attached hydrogen (secondary N) is 2. The van der Waals surface area contributed by atoms with Crippen LogP contribution < -0.4 is 10.6 Å². The maximum absolute atomic E-state index is 5.46. The van der Waals surface area contributed by atoms with Crippen molar-refractivity contribution >= 4 is 6.01 Å².